The van der Waals surface area contributed by atoms with Crippen LogP contribution in [-0.4, -0.2) is 25.2 Å². The SMILES string of the molecule is CC(Cc1cn[nH]n1)c1c(C(F)(F)F)nn(C)c1C(F)(F)F. The van der Waals surface area contributed by atoms with Crippen molar-refractivity contribution in [1.82, 2.24) is 25.2 Å². The van der Waals surface area contributed by atoms with Gasteiger partial charge in [-0.05, 0) is 12.3 Å². The Hall–Kier alpha value is -2.07. The summed E-state index contributed by atoms with van der Waals surface area (Å²) in [5, 5.41) is 12.4. The molecular weight excluding hydrogens is 316 g/mol. The predicted octanol–water partition coefficient (Wildman–Crippen LogP) is 2.92. The van der Waals surface area contributed by atoms with E-state index in [4.69, 9.17) is 0 Å². The van der Waals surface area contributed by atoms with Gasteiger partial charge < -0.3 is 0 Å². The summed E-state index contributed by atoms with van der Waals surface area (Å²) in [4.78, 5) is 0. The first-order valence-corrected chi connectivity index (χ1v) is 6.07. The Morgan fingerprint density at radius 1 is 1.18 bits per heavy atom. The summed E-state index contributed by atoms with van der Waals surface area (Å²) < 4.78 is 78.5. The van der Waals surface area contributed by atoms with Gasteiger partial charge in [0.2, 0.25) is 0 Å². The van der Waals surface area contributed by atoms with Gasteiger partial charge in [-0.3, -0.25) is 4.68 Å². The molecule has 0 spiro atoms. The molecule has 0 bridgehead atoms. The monoisotopic (exact) mass is 327 g/mol. The molecule has 0 aliphatic heterocycles. The Morgan fingerprint density at radius 2 is 1.82 bits per heavy atom. The number of aryl methyl sites for hydroxylation is 1. The quantitative estimate of drug-likeness (QED) is 0.882. The van der Waals surface area contributed by atoms with Crippen LogP contribution in [0.1, 0.15) is 35.5 Å². The van der Waals surface area contributed by atoms with E-state index in [1.165, 1.54) is 13.1 Å². The first-order chi connectivity index (χ1) is 10.0. The maximum Gasteiger partial charge on any atom is 0.435 e. The van der Waals surface area contributed by atoms with Crippen LogP contribution in [0, 0.1) is 0 Å². The molecule has 2 rings (SSSR count). The largest absolute Gasteiger partial charge is 0.435 e. The fraction of sp³-hybridized carbons (Fsp3) is 0.545. The molecule has 11 heteroatoms. The smallest absolute Gasteiger partial charge is 0.263 e. The highest BCUT2D eigenvalue weighted by molar-refractivity contribution is 5.34. The molecule has 1 atom stereocenters. The number of alkyl halides is 6. The molecule has 0 saturated heterocycles. The van der Waals surface area contributed by atoms with Crippen LogP contribution in [0.5, 0.6) is 0 Å². The fourth-order valence-corrected chi connectivity index (χ4v) is 2.29. The molecular formula is C11H11F6N5. The molecule has 2 aromatic heterocycles. The highest BCUT2D eigenvalue weighted by Crippen LogP contribution is 2.42. The summed E-state index contributed by atoms with van der Waals surface area (Å²) in [5.74, 6) is -1.09. The van der Waals surface area contributed by atoms with Crippen LogP contribution in [-0.2, 0) is 25.8 Å². The van der Waals surface area contributed by atoms with Crippen LogP contribution in [0.3, 0.4) is 0 Å². The van der Waals surface area contributed by atoms with E-state index in [2.05, 4.69) is 20.5 Å². The molecule has 22 heavy (non-hydrogen) atoms. The molecule has 5 nitrogen and oxygen atoms in total. The number of halogens is 6. The summed E-state index contributed by atoms with van der Waals surface area (Å²) in [5.41, 5.74) is -3.56. The number of nitrogens with zero attached hydrogens (tertiary/aromatic N) is 4. The van der Waals surface area contributed by atoms with E-state index in [1.54, 1.807) is 0 Å². The molecule has 0 amide bonds. The van der Waals surface area contributed by atoms with Gasteiger partial charge in [0, 0.05) is 12.6 Å². The van der Waals surface area contributed by atoms with E-state index in [-0.39, 0.29) is 16.8 Å². The topological polar surface area (TPSA) is 59.4 Å². The first kappa shape index (κ1) is 16.3. The van der Waals surface area contributed by atoms with Crippen molar-refractivity contribution in [3.63, 3.8) is 0 Å². The molecule has 1 unspecified atom stereocenters. The van der Waals surface area contributed by atoms with E-state index in [0.717, 1.165) is 7.05 Å². The Kier molecular flexibility index (Phi) is 3.92. The summed E-state index contributed by atoms with van der Waals surface area (Å²) in [6, 6.07) is 0. The van der Waals surface area contributed by atoms with Gasteiger partial charge in [0.1, 0.15) is 5.69 Å². The number of aromatic nitrogens is 5. The standard InChI is InChI=1S/C11H11F6N5/c1-5(3-6-4-18-21-19-6)7-8(10(12,13)14)20-22(2)9(7)11(15,16)17/h4-5H,3H2,1-2H3,(H,18,19,21). The van der Waals surface area contributed by atoms with Crippen LogP contribution >= 0.6 is 0 Å². The summed E-state index contributed by atoms with van der Waals surface area (Å²) in [6.07, 6.45) is -8.81. The zero-order valence-electron chi connectivity index (χ0n) is 11.4. The summed E-state index contributed by atoms with van der Waals surface area (Å²) in [7, 11) is 0.838. The molecule has 0 aliphatic carbocycles. The normalized spacial score (nSPS) is 14.4. The number of aromatic amines is 1. The minimum absolute atomic E-state index is 0.131. The van der Waals surface area contributed by atoms with Gasteiger partial charge >= 0.3 is 12.4 Å². The summed E-state index contributed by atoms with van der Waals surface area (Å²) in [6.45, 7) is 1.26. The molecule has 1 N–H and O–H groups in total. The van der Waals surface area contributed by atoms with Gasteiger partial charge in [-0.15, -0.1) is 0 Å². The third-order valence-electron chi connectivity index (χ3n) is 3.09. The predicted molar refractivity (Wildman–Crippen MR) is 61.7 cm³/mol. The lowest BCUT2D eigenvalue weighted by atomic mass is 9.93. The number of hydrogen-bond donors (Lipinski definition) is 1. The molecule has 122 valence electrons. The maximum atomic E-state index is 13.1. The summed E-state index contributed by atoms with van der Waals surface area (Å²) >= 11 is 0. The molecule has 2 heterocycles. The third kappa shape index (κ3) is 3.07. The van der Waals surface area contributed by atoms with Gasteiger partial charge in [0.15, 0.2) is 5.69 Å². The van der Waals surface area contributed by atoms with Crippen molar-refractivity contribution >= 4 is 0 Å². The lowest BCUT2D eigenvalue weighted by Crippen LogP contribution is -2.17. The highest BCUT2D eigenvalue weighted by atomic mass is 19.4. The van der Waals surface area contributed by atoms with Crippen molar-refractivity contribution in [1.29, 1.82) is 0 Å². The average molecular weight is 327 g/mol. The highest BCUT2D eigenvalue weighted by Gasteiger charge is 2.47. The number of H-pyrrole nitrogens is 1. The molecule has 0 aliphatic rings. The second kappa shape index (κ2) is 5.29. The zero-order chi connectivity index (χ0) is 16.7. The van der Waals surface area contributed by atoms with Crippen molar-refractivity contribution in [2.75, 3.05) is 0 Å². The van der Waals surface area contributed by atoms with E-state index in [0.29, 0.717) is 0 Å². The van der Waals surface area contributed by atoms with Gasteiger partial charge in [-0.2, -0.15) is 46.9 Å². The van der Waals surface area contributed by atoms with Gasteiger partial charge in [-0.1, -0.05) is 6.92 Å². The Bertz CT molecular complexity index is 639. The lowest BCUT2D eigenvalue weighted by molar-refractivity contribution is -0.145. The second-order valence-electron chi connectivity index (χ2n) is 4.80. The van der Waals surface area contributed by atoms with Crippen molar-refractivity contribution in [2.24, 2.45) is 7.05 Å². The average Bonchev–Trinajstić information content (AvgIpc) is 2.93. The van der Waals surface area contributed by atoms with E-state index in [1.807, 2.05) is 0 Å². The van der Waals surface area contributed by atoms with Crippen molar-refractivity contribution in [2.45, 2.75) is 31.6 Å². The van der Waals surface area contributed by atoms with Crippen molar-refractivity contribution in [3.05, 3.63) is 28.8 Å². The minimum Gasteiger partial charge on any atom is -0.263 e. The molecule has 0 radical (unpaired) electrons. The Balaban J connectivity index is 2.55. The maximum absolute atomic E-state index is 13.1. The van der Waals surface area contributed by atoms with Crippen molar-refractivity contribution < 1.29 is 26.3 Å². The molecule has 0 aromatic carbocycles. The van der Waals surface area contributed by atoms with Crippen LogP contribution in [0.2, 0.25) is 0 Å². The molecule has 2 aromatic rings. The Labute approximate surface area is 120 Å². The van der Waals surface area contributed by atoms with Crippen LogP contribution < -0.4 is 0 Å². The molecule has 0 saturated carbocycles. The van der Waals surface area contributed by atoms with Crippen molar-refractivity contribution in [3.8, 4) is 0 Å². The van der Waals surface area contributed by atoms with Gasteiger partial charge in [0.25, 0.3) is 0 Å². The first-order valence-electron chi connectivity index (χ1n) is 6.07. The fourth-order valence-electron chi connectivity index (χ4n) is 2.29. The van der Waals surface area contributed by atoms with Crippen LogP contribution in [0.25, 0.3) is 0 Å². The minimum atomic E-state index is -4.98. The Morgan fingerprint density at radius 3 is 2.27 bits per heavy atom. The van der Waals surface area contributed by atoms with E-state index in [9.17, 15) is 26.3 Å². The number of rotatable bonds is 3. The van der Waals surface area contributed by atoms with E-state index < -0.39 is 35.2 Å². The van der Waals surface area contributed by atoms with Gasteiger partial charge in [-0.25, -0.2) is 0 Å². The van der Waals surface area contributed by atoms with Crippen LogP contribution in [0.4, 0.5) is 26.3 Å². The number of nitrogens with one attached hydrogen (secondary N) is 1. The number of hydrogen-bond acceptors (Lipinski definition) is 3. The third-order valence-corrected chi connectivity index (χ3v) is 3.09. The second-order valence-corrected chi connectivity index (χ2v) is 4.80. The van der Waals surface area contributed by atoms with Crippen LogP contribution in [0.15, 0.2) is 6.20 Å². The molecule has 0 fully saturated rings. The zero-order valence-corrected chi connectivity index (χ0v) is 11.4. The van der Waals surface area contributed by atoms with E-state index >= 15 is 0 Å². The lowest BCUT2D eigenvalue weighted by Gasteiger charge is -2.16. The van der Waals surface area contributed by atoms with Gasteiger partial charge in [0.05, 0.1) is 11.9 Å².